The van der Waals surface area contributed by atoms with Crippen molar-refractivity contribution in [2.24, 2.45) is 0 Å². The SMILES string of the molecule is CC[C@@H](C(=O)NC1CCCCC1)N(Cc1ccc(OC)cc1)C(=O)CN(c1ccccc1F)S(=O)(=O)c1ccc(C)cc1. The lowest BCUT2D eigenvalue weighted by molar-refractivity contribution is -0.140. The molecule has 4 rings (SSSR count). The van der Waals surface area contributed by atoms with Gasteiger partial charge in [-0.05, 0) is 68.1 Å². The second-order valence-corrected chi connectivity index (χ2v) is 12.8. The summed E-state index contributed by atoms with van der Waals surface area (Å²) in [6, 6.07) is 17.9. The molecule has 43 heavy (non-hydrogen) atoms. The molecule has 1 atom stereocenters. The minimum Gasteiger partial charge on any atom is -0.497 e. The van der Waals surface area contributed by atoms with E-state index in [1.54, 1.807) is 43.5 Å². The van der Waals surface area contributed by atoms with Crippen LogP contribution in [0.5, 0.6) is 5.75 Å². The predicted molar refractivity (Wildman–Crippen MR) is 165 cm³/mol. The van der Waals surface area contributed by atoms with Crippen LogP contribution in [0.15, 0.2) is 77.7 Å². The van der Waals surface area contributed by atoms with Gasteiger partial charge in [0.2, 0.25) is 11.8 Å². The maximum absolute atomic E-state index is 15.1. The third-order valence-corrected chi connectivity index (χ3v) is 9.63. The molecule has 0 radical (unpaired) electrons. The third kappa shape index (κ3) is 7.93. The minimum atomic E-state index is -4.35. The van der Waals surface area contributed by atoms with Crippen LogP contribution in [0.1, 0.15) is 56.6 Å². The maximum atomic E-state index is 15.1. The molecule has 230 valence electrons. The Morgan fingerprint density at radius 2 is 1.63 bits per heavy atom. The van der Waals surface area contributed by atoms with E-state index in [9.17, 15) is 18.0 Å². The number of hydrogen-bond donors (Lipinski definition) is 1. The van der Waals surface area contributed by atoms with Crippen LogP contribution in [0.4, 0.5) is 10.1 Å². The van der Waals surface area contributed by atoms with Gasteiger partial charge < -0.3 is 15.0 Å². The molecule has 0 heterocycles. The average Bonchev–Trinajstić information content (AvgIpc) is 3.01. The van der Waals surface area contributed by atoms with Crippen LogP contribution in [0.2, 0.25) is 0 Å². The molecule has 3 aromatic carbocycles. The monoisotopic (exact) mass is 609 g/mol. The number of ether oxygens (including phenoxy) is 1. The van der Waals surface area contributed by atoms with Gasteiger partial charge in [-0.15, -0.1) is 0 Å². The van der Waals surface area contributed by atoms with Gasteiger partial charge in [-0.2, -0.15) is 0 Å². The number of rotatable bonds is 12. The number of nitrogens with one attached hydrogen (secondary N) is 1. The summed E-state index contributed by atoms with van der Waals surface area (Å²) >= 11 is 0. The molecule has 0 unspecified atom stereocenters. The van der Waals surface area contributed by atoms with Gasteiger partial charge in [0.1, 0.15) is 24.2 Å². The summed E-state index contributed by atoms with van der Waals surface area (Å²) in [5.41, 5.74) is 1.34. The molecular formula is C33H40FN3O5S. The number of hydrogen-bond acceptors (Lipinski definition) is 5. The van der Waals surface area contributed by atoms with Crippen LogP contribution in [-0.2, 0) is 26.2 Å². The first-order valence-electron chi connectivity index (χ1n) is 14.7. The number of benzene rings is 3. The van der Waals surface area contributed by atoms with Gasteiger partial charge in [-0.3, -0.25) is 13.9 Å². The van der Waals surface area contributed by atoms with E-state index in [1.165, 1.54) is 35.2 Å². The summed E-state index contributed by atoms with van der Waals surface area (Å²) in [5, 5.41) is 3.12. The van der Waals surface area contributed by atoms with Crippen LogP contribution >= 0.6 is 0 Å². The molecule has 0 aromatic heterocycles. The second kappa shape index (κ2) is 14.5. The second-order valence-electron chi connectivity index (χ2n) is 10.9. The lowest BCUT2D eigenvalue weighted by atomic mass is 9.95. The standard InChI is InChI=1S/C33H40FN3O5S/c1-4-30(33(39)35-26-10-6-5-7-11-26)36(22-25-16-18-27(42-3)19-17-25)32(38)23-37(31-13-9-8-12-29(31)34)43(40,41)28-20-14-24(2)15-21-28/h8-9,12-21,26,30H,4-7,10-11,22-23H2,1-3H3,(H,35,39)/t30-/m0/s1. The Morgan fingerprint density at radius 1 is 0.977 bits per heavy atom. The van der Waals surface area contributed by atoms with Crippen LogP contribution in [0.25, 0.3) is 0 Å². The van der Waals surface area contributed by atoms with Gasteiger partial charge in [0.15, 0.2) is 0 Å². The molecule has 0 bridgehead atoms. The molecule has 8 nitrogen and oxygen atoms in total. The zero-order valence-corrected chi connectivity index (χ0v) is 25.8. The van der Waals surface area contributed by atoms with E-state index in [1.807, 2.05) is 13.8 Å². The van der Waals surface area contributed by atoms with Gasteiger partial charge in [-0.1, -0.05) is 68.1 Å². The third-order valence-electron chi connectivity index (χ3n) is 7.86. The quantitative estimate of drug-likeness (QED) is 0.289. The van der Waals surface area contributed by atoms with Crippen molar-refractivity contribution >= 4 is 27.5 Å². The maximum Gasteiger partial charge on any atom is 0.264 e. The number of sulfonamides is 1. The molecular weight excluding hydrogens is 569 g/mol. The first-order chi connectivity index (χ1) is 20.6. The van der Waals surface area contributed by atoms with E-state index in [4.69, 9.17) is 4.74 Å². The van der Waals surface area contributed by atoms with Crippen molar-refractivity contribution in [3.05, 3.63) is 89.7 Å². The zero-order valence-electron chi connectivity index (χ0n) is 25.0. The van der Waals surface area contributed by atoms with Gasteiger partial charge >= 0.3 is 0 Å². The lowest BCUT2D eigenvalue weighted by Gasteiger charge is -2.34. The predicted octanol–water partition coefficient (Wildman–Crippen LogP) is 5.59. The number of carbonyl (C=O) groups is 2. The number of halogens is 1. The molecule has 1 fully saturated rings. The highest BCUT2D eigenvalue weighted by atomic mass is 32.2. The largest absolute Gasteiger partial charge is 0.497 e. The highest BCUT2D eigenvalue weighted by molar-refractivity contribution is 7.92. The van der Waals surface area contributed by atoms with E-state index < -0.39 is 34.3 Å². The molecule has 1 aliphatic rings. The summed E-state index contributed by atoms with van der Waals surface area (Å²) in [4.78, 5) is 29.1. The first kappa shape index (κ1) is 32.0. The van der Waals surface area contributed by atoms with Gasteiger partial charge in [-0.25, -0.2) is 12.8 Å². The van der Waals surface area contributed by atoms with E-state index in [-0.39, 0.29) is 29.1 Å². The Bertz CT molecular complexity index is 1490. The Hall–Kier alpha value is -3.92. The number of para-hydroxylation sites is 1. The minimum absolute atomic E-state index is 0.0325. The fraction of sp³-hybridized carbons (Fsp3) is 0.394. The number of anilines is 1. The summed E-state index contributed by atoms with van der Waals surface area (Å²) in [7, 11) is -2.80. The number of aryl methyl sites for hydroxylation is 1. The van der Waals surface area contributed by atoms with Crippen LogP contribution in [0.3, 0.4) is 0 Å². The van der Waals surface area contributed by atoms with Crippen molar-refractivity contribution in [3.8, 4) is 5.75 Å². The van der Waals surface area contributed by atoms with Crippen LogP contribution < -0.4 is 14.4 Å². The number of nitrogens with zero attached hydrogens (tertiary/aromatic N) is 2. The smallest absolute Gasteiger partial charge is 0.264 e. The van der Waals surface area contributed by atoms with E-state index in [0.717, 1.165) is 53.6 Å². The van der Waals surface area contributed by atoms with Crippen molar-refractivity contribution in [3.63, 3.8) is 0 Å². The number of amides is 2. The molecule has 1 saturated carbocycles. The first-order valence-corrected chi connectivity index (χ1v) is 16.1. The average molecular weight is 610 g/mol. The summed E-state index contributed by atoms with van der Waals surface area (Å²) in [6.45, 7) is 3.00. The highest BCUT2D eigenvalue weighted by Gasteiger charge is 2.35. The fourth-order valence-corrected chi connectivity index (χ4v) is 6.82. The molecule has 10 heteroatoms. The van der Waals surface area contributed by atoms with E-state index in [0.29, 0.717) is 12.2 Å². The highest BCUT2D eigenvalue weighted by Crippen LogP contribution is 2.28. The van der Waals surface area contributed by atoms with Crippen LogP contribution in [-0.4, -0.2) is 50.9 Å². The Kier molecular flexibility index (Phi) is 10.8. The van der Waals surface area contributed by atoms with Gasteiger partial charge in [0, 0.05) is 12.6 Å². The number of methoxy groups -OCH3 is 1. The van der Waals surface area contributed by atoms with Gasteiger partial charge in [0.05, 0.1) is 17.7 Å². The summed E-state index contributed by atoms with van der Waals surface area (Å²) < 4.78 is 49.0. The molecule has 0 saturated heterocycles. The van der Waals surface area contributed by atoms with E-state index in [2.05, 4.69) is 5.32 Å². The molecule has 1 N–H and O–H groups in total. The Morgan fingerprint density at radius 3 is 2.23 bits per heavy atom. The Balaban J connectivity index is 1.71. The van der Waals surface area contributed by atoms with Crippen LogP contribution in [0, 0.1) is 12.7 Å². The molecule has 1 aliphatic carbocycles. The summed E-state index contributed by atoms with van der Waals surface area (Å²) in [5.74, 6) is -1.05. The topological polar surface area (TPSA) is 96.0 Å². The van der Waals surface area contributed by atoms with Gasteiger partial charge in [0.25, 0.3) is 10.0 Å². The normalized spacial score (nSPS) is 14.5. The van der Waals surface area contributed by atoms with Crippen molar-refractivity contribution in [2.45, 2.75) is 75.9 Å². The lowest BCUT2D eigenvalue weighted by Crippen LogP contribution is -2.54. The van der Waals surface area contributed by atoms with Crippen molar-refractivity contribution < 1.29 is 27.1 Å². The van der Waals surface area contributed by atoms with E-state index >= 15 is 4.39 Å². The molecule has 0 aliphatic heterocycles. The van der Waals surface area contributed by atoms with Crippen molar-refractivity contribution in [1.82, 2.24) is 10.2 Å². The molecule has 2 amide bonds. The summed E-state index contributed by atoms with van der Waals surface area (Å²) in [6.07, 6.45) is 5.27. The molecule has 3 aromatic rings. The fourth-order valence-electron chi connectivity index (χ4n) is 5.40. The molecule has 0 spiro atoms. The number of carbonyl (C=O) groups excluding carboxylic acids is 2. The van der Waals surface area contributed by atoms with Crippen molar-refractivity contribution in [2.75, 3.05) is 18.0 Å². The van der Waals surface area contributed by atoms with Crippen molar-refractivity contribution in [1.29, 1.82) is 0 Å². The Labute approximate surface area is 253 Å². The zero-order chi connectivity index (χ0) is 31.0.